The molecule has 1 N–H and O–H groups in total. The molecule has 0 saturated carbocycles. The molecule has 76 valence electrons. The third kappa shape index (κ3) is 2.51. The summed E-state index contributed by atoms with van der Waals surface area (Å²) in [6.07, 6.45) is 5.34. The molecule has 0 radical (unpaired) electrons. The molecule has 2 rings (SSSR count). The molecule has 1 aromatic rings. The van der Waals surface area contributed by atoms with E-state index >= 15 is 0 Å². The van der Waals surface area contributed by atoms with Crippen LogP contribution in [0.15, 0.2) is 18.5 Å². The fourth-order valence-corrected chi connectivity index (χ4v) is 2.79. The summed E-state index contributed by atoms with van der Waals surface area (Å²) >= 11 is 0. The molecule has 1 saturated heterocycles. The molecular formula is C9H13N3OS. The number of hydrogen-bond acceptors (Lipinski definition) is 4. The summed E-state index contributed by atoms with van der Waals surface area (Å²) in [6.45, 7) is 0. The molecule has 14 heavy (non-hydrogen) atoms. The van der Waals surface area contributed by atoms with Crippen molar-refractivity contribution in [2.75, 3.05) is 16.8 Å². The van der Waals surface area contributed by atoms with Gasteiger partial charge in [-0.05, 0) is 18.9 Å². The summed E-state index contributed by atoms with van der Waals surface area (Å²) < 4.78 is 11.1. The minimum absolute atomic E-state index is 0.384. The van der Waals surface area contributed by atoms with Gasteiger partial charge in [-0.2, -0.15) is 0 Å². The minimum Gasteiger partial charge on any atom is -0.351 e. The van der Waals surface area contributed by atoms with E-state index in [-0.39, 0.29) is 0 Å². The molecule has 4 nitrogen and oxygen atoms in total. The van der Waals surface area contributed by atoms with Crippen LogP contribution in [0.4, 0.5) is 5.95 Å². The second kappa shape index (κ2) is 4.50. The maximum Gasteiger partial charge on any atom is 0.222 e. The van der Waals surface area contributed by atoms with Gasteiger partial charge in [-0.1, -0.05) is 0 Å². The predicted octanol–water partition coefficient (Wildman–Crippen LogP) is 0.800. The summed E-state index contributed by atoms with van der Waals surface area (Å²) in [5.41, 5.74) is 0. The molecule has 1 aliphatic heterocycles. The first-order valence-electron chi connectivity index (χ1n) is 4.73. The lowest BCUT2D eigenvalue weighted by molar-refractivity contribution is 0.620. The van der Waals surface area contributed by atoms with Gasteiger partial charge in [-0.25, -0.2) is 9.97 Å². The van der Waals surface area contributed by atoms with E-state index in [0.29, 0.717) is 12.0 Å². The van der Waals surface area contributed by atoms with Gasteiger partial charge in [0.25, 0.3) is 0 Å². The first kappa shape index (κ1) is 9.58. The quantitative estimate of drug-likeness (QED) is 0.786. The Kier molecular flexibility index (Phi) is 3.08. The molecule has 1 aliphatic rings. The first-order valence-corrected chi connectivity index (χ1v) is 6.22. The monoisotopic (exact) mass is 211 g/mol. The van der Waals surface area contributed by atoms with E-state index in [1.807, 2.05) is 0 Å². The van der Waals surface area contributed by atoms with Crippen molar-refractivity contribution in [2.45, 2.75) is 18.9 Å². The maximum atomic E-state index is 11.1. The lowest BCUT2D eigenvalue weighted by Crippen LogP contribution is -2.29. The van der Waals surface area contributed by atoms with E-state index in [4.69, 9.17) is 0 Å². The van der Waals surface area contributed by atoms with E-state index in [1.165, 1.54) is 0 Å². The minimum atomic E-state index is -0.600. The van der Waals surface area contributed by atoms with Crippen LogP contribution in [-0.2, 0) is 10.8 Å². The molecule has 0 aliphatic carbocycles. The highest BCUT2D eigenvalue weighted by Gasteiger charge is 2.17. The SMILES string of the molecule is O=S1CCC(Nc2ncccn2)CC1. The van der Waals surface area contributed by atoms with E-state index in [1.54, 1.807) is 18.5 Å². The van der Waals surface area contributed by atoms with Gasteiger partial charge in [-0.15, -0.1) is 0 Å². The largest absolute Gasteiger partial charge is 0.351 e. The van der Waals surface area contributed by atoms with E-state index < -0.39 is 10.8 Å². The van der Waals surface area contributed by atoms with Crippen LogP contribution in [0, 0.1) is 0 Å². The van der Waals surface area contributed by atoms with Gasteiger partial charge in [-0.3, -0.25) is 4.21 Å². The average molecular weight is 211 g/mol. The highest BCUT2D eigenvalue weighted by atomic mass is 32.2. The van der Waals surface area contributed by atoms with Crippen LogP contribution in [0.25, 0.3) is 0 Å². The lowest BCUT2D eigenvalue weighted by atomic mass is 10.2. The summed E-state index contributed by atoms with van der Waals surface area (Å²) in [5.74, 6) is 2.26. The van der Waals surface area contributed by atoms with Crippen molar-refractivity contribution < 1.29 is 4.21 Å². The van der Waals surface area contributed by atoms with Crippen LogP contribution in [0.1, 0.15) is 12.8 Å². The molecule has 2 heterocycles. The molecule has 5 heteroatoms. The molecular weight excluding hydrogens is 198 g/mol. The van der Waals surface area contributed by atoms with E-state index in [0.717, 1.165) is 24.3 Å². The third-order valence-corrected chi connectivity index (χ3v) is 3.67. The number of nitrogens with one attached hydrogen (secondary N) is 1. The van der Waals surface area contributed by atoms with Gasteiger partial charge < -0.3 is 5.32 Å². The number of nitrogens with zero attached hydrogens (tertiary/aromatic N) is 2. The number of anilines is 1. The lowest BCUT2D eigenvalue weighted by Gasteiger charge is -2.22. The molecule has 1 fully saturated rings. The summed E-state index contributed by atoms with van der Waals surface area (Å²) in [7, 11) is -0.600. The zero-order chi connectivity index (χ0) is 9.80. The van der Waals surface area contributed by atoms with Gasteiger partial charge in [0, 0.05) is 40.7 Å². The van der Waals surface area contributed by atoms with Crippen LogP contribution in [0.3, 0.4) is 0 Å². The second-order valence-electron chi connectivity index (χ2n) is 3.34. The Labute approximate surface area is 85.6 Å². The zero-order valence-corrected chi connectivity index (χ0v) is 8.67. The topological polar surface area (TPSA) is 54.9 Å². The Morgan fingerprint density at radius 2 is 1.93 bits per heavy atom. The molecule has 0 spiro atoms. The highest BCUT2D eigenvalue weighted by Crippen LogP contribution is 2.12. The molecule has 0 bridgehead atoms. The summed E-state index contributed by atoms with van der Waals surface area (Å²) in [4.78, 5) is 8.19. The number of hydrogen-bond donors (Lipinski definition) is 1. The van der Waals surface area contributed by atoms with Crippen LogP contribution < -0.4 is 5.32 Å². The van der Waals surface area contributed by atoms with Crippen molar-refractivity contribution in [3.8, 4) is 0 Å². The Hall–Kier alpha value is -0.970. The summed E-state index contributed by atoms with van der Waals surface area (Å²) in [6, 6.07) is 2.18. The normalized spacial score (nSPS) is 27.1. The molecule has 0 atom stereocenters. The van der Waals surface area contributed by atoms with Crippen LogP contribution in [0.5, 0.6) is 0 Å². The highest BCUT2D eigenvalue weighted by molar-refractivity contribution is 7.85. The average Bonchev–Trinajstić information content (AvgIpc) is 2.23. The van der Waals surface area contributed by atoms with Gasteiger partial charge >= 0.3 is 0 Å². The molecule has 0 aromatic carbocycles. The van der Waals surface area contributed by atoms with Crippen molar-refractivity contribution in [3.63, 3.8) is 0 Å². The number of aromatic nitrogens is 2. The van der Waals surface area contributed by atoms with Gasteiger partial charge in [0.15, 0.2) is 0 Å². The zero-order valence-electron chi connectivity index (χ0n) is 7.85. The Balaban J connectivity index is 1.89. The predicted molar refractivity (Wildman–Crippen MR) is 56.6 cm³/mol. The molecule has 1 aromatic heterocycles. The van der Waals surface area contributed by atoms with E-state index in [2.05, 4.69) is 15.3 Å². The smallest absolute Gasteiger partial charge is 0.222 e. The van der Waals surface area contributed by atoms with Gasteiger partial charge in [0.2, 0.25) is 5.95 Å². The van der Waals surface area contributed by atoms with Crippen LogP contribution >= 0.6 is 0 Å². The van der Waals surface area contributed by atoms with Crippen molar-refractivity contribution in [1.29, 1.82) is 0 Å². The van der Waals surface area contributed by atoms with Crippen molar-refractivity contribution in [1.82, 2.24) is 9.97 Å². The Morgan fingerprint density at radius 1 is 1.29 bits per heavy atom. The fraction of sp³-hybridized carbons (Fsp3) is 0.556. The number of rotatable bonds is 2. The van der Waals surface area contributed by atoms with Crippen LogP contribution in [-0.4, -0.2) is 31.7 Å². The van der Waals surface area contributed by atoms with Crippen molar-refractivity contribution >= 4 is 16.7 Å². The Bertz CT molecular complexity index is 307. The maximum absolute atomic E-state index is 11.1. The van der Waals surface area contributed by atoms with Gasteiger partial charge in [0.1, 0.15) is 0 Å². The molecule has 0 unspecified atom stereocenters. The second-order valence-corrected chi connectivity index (χ2v) is 5.04. The fourth-order valence-electron chi connectivity index (χ4n) is 1.49. The van der Waals surface area contributed by atoms with Crippen molar-refractivity contribution in [2.24, 2.45) is 0 Å². The molecule has 0 amide bonds. The Morgan fingerprint density at radius 3 is 2.57 bits per heavy atom. The van der Waals surface area contributed by atoms with E-state index in [9.17, 15) is 4.21 Å². The van der Waals surface area contributed by atoms with Gasteiger partial charge in [0.05, 0.1) is 0 Å². The third-order valence-electron chi connectivity index (χ3n) is 2.29. The standard InChI is InChI=1S/C9H13N3OS/c13-14-6-2-8(3-7-14)12-9-10-4-1-5-11-9/h1,4-5,8H,2-3,6-7H2,(H,10,11,12). The van der Waals surface area contributed by atoms with Crippen LogP contribution in [0.2, 0.25) is 0 Å². The van der Waals surface area contributed by atoms with Crippen molar-refractivity contribution in [3.05, 3.63) is 18.5 Å². The summed E-state index contributed by atoms with van der Waals surface area (Å²) in [5, 5.41) is 3.24. The first-order chi connectivity index (χ1) is 6.84.